The molecule has 1 aliphatic rings. The maximum atomic E-state index is 12.1. The van der Waals surface area contributed by atoms with Crippen LogP contribution < -0.4 is 5.32 Å². The fraction of sp³-hybridized carbons (Fsp3) is 0.429. The van der Waals surface area contributed by atoms with Crippen molar-refractivity contribution in [3.63, 3.8) is 0 Å². The van der Waals surface area contributed by atoms with Gasteiger partial charge in [0, 0.05) is 10.5 Å². The third-order valence-electron chi connectivity index (χ3n) is 3.49. The summed E-state index contributed by atoms with van der Waals surface area (Å²) in [6.07, 6.45) is 1.88. The fourth-order valence-electron chi connectivity index (χ4n) is 2.40. The van der Waals surface area contributed by atoms with Crippen molar-refractivity contribution < 1.29 is 14.7 Å². The van der Waals surface area contributed by atoms with Gasteiger partial charge < -0.3 is 10.4 Å². The fourth-order valence-corrected chi connectivity index (χ4v) is 3.08. The predicted molar refractivity (Wildman–Crippen MR) is 75.1 cm³/mol. The Morgan fingerprint density at radius 1 is 1.37 bits per heavy atom. The van der Waals surface area contributed by atoms with Gasteiger partial charge in [0.15, 0.2) is 0 Å². The number of hydrogen-bond acceptors (Lipinski definition) is 2. The van der Waals surface area contributed by atoms with Crippen LogP contribution in [0.1, 0.15) is 35.2 Å². The van der Waals surface area contributed by atoms with Crippen molar-refractivity contribution in [1.29, 1.82) is 0 Å². The summed E-state index contributed by atoms with van der Waals surface area (Å²) in [4.78, 5) is 23.0. The molecule has 0 spiro atoms. The topological polar surface area (TPSA) is 66.4 Å². The predicted octanol–water partition coefficient (Wildman–Crippen LogP) is 2.74. The van der Waals surface area contributed by atoms with Crippen LogP contribution in [0.4, 0.5) is 0 Å². The molecule has 2 atom stereocenters. The lowest BCUT2D eigenvalue weighted by molar-refractivity contribution is -0.141. The molecule has 0 radical (unpaired) electrons. The lowest BCUT2D eigenvalue weighted by Crippen LogP contribution is -2.33. The summed E-state index contributed by atoms with van der Waals surface area (Å²) in [5, 5.41) is 11.8. The smallest absolute Gasteiger partial charge is 0.306 e. The summed E-state index contributed by atoms with van der Waals surface area (Å²) in [7, 11) is 0. The van der Waals surface area contributed by atoms with Crippen molar-refractivity contribution in [2.75, 3.05) is 0 Å². The molecule has 1 fully saturated rings. The summed E-state index contributed by atoms with van der Waals surface area (Å²) in [6, 6.07) is 5.51. The minimum Gasteiger partial charge on any atom is -0.481 e. The molecule has 0 saturated heterocycles. The molecular weight excluding hydrogens is 310 g/mol. The van der Waals surface area contributed by atoms with Crippen LogP contribution >= 0.6 is 15.9 Å². The highest BCUT2D eigenvalue weighted by Crippen LogP contribution is 2.26. The van der Waals surface area contributed by atoms with E-state index >= 15 is 0 Å². The Bertz CT molecular complexity index is 515. The normalized spacial score (nSPS) is 22.2. The summed E-state index contributed by atoms with van der Waals surface area (Å²) < 4.78 is 0.762. The first-order valence-corrected chi connectivity index (χ1v) is 7.06. The van der Waals surface area contributed by atoms with Crippen LogP contribution in [0.25, 0.3) is 0 Å². The number of nitrogens with one attached hydrogen (secondary N) is 1. The van der Waals surface area contributed by atoms with Crippen molar-refractivity contribution in [2.24, 2.45) is 5.92 Å². The van der Waals surface area contributed by atoms with Gasteiger partial charge in [-0.25, -0.2) is 0 Å². The number of hydrogen-bond donors (Lipinski definition) is 2. The summed E-state index contributed by atoms with van der Waals surface area (Å²) in [5.74, 6) is -1.25. The molecule has 0 aromatic heterocycles. The first-order valence-electron chi connectivity index (χ1n) is 6.27. The highest BCUT2D eigenvalue weighted by atomic mass is 79.9. The first-order chi connectivity index (χ1) is 8.97. The molecule has 5 heteroatoms. The van der Waals surface area contributed by atoms with Gasteiger partial charge >= 0.3 is 5.97 Å². The van der Waals surface area contributed by atoms with Crippen molar-refractivity contribution in [1.82, 2.24) is 5.32 Å². The first kappa shape index (κ1) is 14.1. The molecule has 0 aliphatic heterocycles. The summed E-state index contributed by atoms with van der Waals surface area (Å²) >= 11 is 3.38. The zero-order chi connectivity index (χ0) is 14.0. The van der Waals surface area contributed by atoms with Gasteiger partial charge in [0.1, 0.15) is 0 Å². The number of carboxylic acids is 1. The third kappa shape index (κ3) is 3.35. The number of carboxylic acid groups (broad SMARTS) is 1. The van der Waals surface area contributed by atoms with E-state index in [0.29, 0.717) is 18.4 Å². The highest BCUT2D eigenvalue weighted by molar-refractivity contribution is 9.10. The Morgan fingerprint density at radius 2 is 2.11 bits per heavy atom. The van der Waals surface area contributed by atoms with E-state index in [1.165, 1.54) is 0 Å². The molecule has 0 heterocycles. The van der Waals surface area contributed by atoms with Crippen molar-refractivity contribution in [3.05, 3.63) is 33.8 Å². The third-order valence-corrected chi connectivity index (χ3v) is 4.14. The lowest BCUT2D eigenvalue weighted by Gasteiger charge is -2.13. The number of amides is 1. The molecule has 1 aromatic rings. The largest absolute Gasteiger partial charge is 0.481 e. The van der Waals surface area contributed by atoms with Gasteiger partial charge in [-0.15, -0.1) is 0 Å². The second kappa shape index (κ2) is 5.74. The molecule has 102 valence electrons. The monoisotopic (exact) mass is 325 g/mol. The SMILES string of the molecule is Cc1ccc(C(=O)N[C@H]2CC[C@@H](C(=O)O)C2)c(Br)c1. The van der Waals surface area contributed by atoms with E-state index in [-0.39, 0.29) is 17.9 Å². The second-order valence-corrected chi connectivity index (χ2v) is 5.86. The zero-order valence-electron chi connectivity index (χ0n) is 10.6. The molecule has 1 aromatic carbocycles. The maximum Gasteiger partial charge on any atom is 0.306 e. The van der Waals surface area contributed by atoms with Crippen molar-refractivity contribution in [3.8, 4) is 0 Å². The molecule has 2 N–H and O–H groups in total. The average Bonchev–Trinajstić information content (AvgIpc) is 2.77. The molecule has 0 unspecified atom stereocenters. The Kier molecular flexibility index (Phi) is 4.24. The van der Waals surface area contributed by atoms with E-state index in [2.05, 4.69) is 21.2 Å². The maximum absolute atomic E-state index is 12.1. The minimum absolute atomic E-state index is 0.0400. The van der Waals surface area contributed by atoms with E-state index in [1.807, 2.05) is 19.1 Å². The van der Waals surface area contributed by atoms with Gasteiger partial charge in [0.2, 0.25) is 0 Å². The molecule has 4 nitrogen and oxygen atoms in total. The molecule has 1 saturated carbocycles. The highest BCUT2D eigenvalue weighted by Gasteiger charge is 2.30. The standard InChI is InChI=1S/C14H16BrNO3/c1-8-2-5-11(12(15)6-8)13(17)16-10-4-3-9(7-10)14(18)19/h2,5-6,9-10H,3-4,7H2,1H3,(H,16,17)(H,18,19)/t9-,10+/m1/s1. The number of carbonyl (C=O) groups excluding carboxylic acids is 1. The summed E-state index contributed by atoms with van der Waals surface area (Å²) in [5.41, 5.74) is 1.67. The van der Waals surface area contributed by atoms with Gasteiger partial charge in [0.25, 0.3) is 5.91 Å². The van der Waals surface area contributed by atoms with E-state index < -0.39 is 5.97 Å². The van der Waals surface area contributed by atoms with Crippen LogP contribution in [0.3, 0.4) is 0 Å². The number of aryl methyl sites for hydroxylation is 1. The Hall–Kier alpha value is -1.36. The van der Waals surface area contributed by atoms with Crippen LogP contribution in [0.5, 0.6) is 0 Å². The van der Waals surface area contributed by atoms with Crippen LogP contribution in [-0.4, -0.2) is 23.0 Å². The van der Waals surface area contributed by atoms with Crippen LogP contribution in [-0.2, 0) is 4.79 Å². The van der Waals surface area contributed by atoms with Crippen LogP contribution in [0.2, 0.25) is 0 Å². The van der Waals surface area contributed by atoms with Gasteiger partial charge in [0.05, 0.1) is 11.5 Å². The number of rotatable bonds is 3. The molecular formula is C14H16BrNO3. The van der Waals surface area contributed by atoms with E-state index in [4.69, 9.17) is 5.11 Å². The molecule has 19 heavy (non-hydrogen) atoms. The van der Waals surface area contributed by atoms with Crippen LogP contribution in [0.15, 0.2) is 22.7 Å². The Morgan fingerprint density at radius 3 is 2.68 bits per heavy atom. The van der Waals surface area contributed by atoms with E-state index in [0.717, 1.165) is 16.5 Å². The van der Waals surface area contributed by atoms with Crippen molar-refractivity contribution in [2.45, 2.75) is 32.2 Å². The Labute approximate surface area is 120 Å². The van der Waals surface area contributed by atoms with Gasteiger partial charge in [-0.05, 0) is 59.8 Å². The minimum atomic E-state index is -0.770. The Balaban J connectivity index is 2.00. The van der Waals surface area contributed by atoms with Gasteiger partial charge in [-0.2, -0.15) is 0 Å². The van der Waals surface area contributed by atoms with Gasteiger partial charge in [-0.1, -0.05) is 6.07 Å². The summed E-state index contributed by atoms with van der Waals surface area (Å²) in [6.45, 7) is 1.96. The molecule has 2 rings (SSSR count). The van der Waals surface area contributed by atoms with Gasteiger partial charge in [-0.3, -0.25) is 9.59 Å². The molecule has 1 amide bonds. The lowest BCUT2D eigenvalue weighted by atomic mass is 10.1. The quantitative estimate of drug-likeness (QED) is 0.897. The number of halogens is 1. The van der Waals surface area contributed by atoms with E-state index in [1.54, 1.807) is 6.07 Å². The number of carbonyl (C=O) groups is 2. The zero-order valence-corrected chi connectivity index (χ0v) is 12.2. The molecule has 0 bridgehead atoms. The van der Waals surface area contributed by atoms with Crippen molar-refractivity contribution >= 4 is 27.8 Å². The van der Waals surface area contributed by atoms with E-state index in [9.17, 15) is 9.59 Å². The van der Waals surface area contributed by atoms with Crippen LogP contribution in [0, 0.1) is 12.8 Å². The number of benzene rings is 1. The number of aliphatic carboxylic acids is 1. The second-order valence-electron chi connectivity index (χ2n) is 5.00. The average molecular weight is 326 g/mol. The molecule has 1 aliphatic carbocycles.